The molecule has 1 heteroatoms. The second-order valence-electron chi connectivity index (χ2n) is 3.60. The quantitative estimate of drug-likeness (QED) is 0.567. The first kappa shape index (κ1) is 9.05. The molecule has 1 N–H and O–H groups in total. The summed E-state index contributed by atoms with van der Waals surface area (Å²) in [4.78, 5) is 0. The van der Waals surface area contributed by atoms with Gasteiger partial charge in [0.15, 0.2) is 0 Å². The summed E-state index contributed by atoms with van der Waals surface area (Å²) in [5.41, 5.74) is 0.839. The minimum absolute atomic E-state index is 0.839. The van der Waals surface area contributed by atoms with Crippen LogP contribution in [0.2, 0.25) is 0 Å². The van der Waals surface area contributed by atoms with Gasteiger partial charge in [-0.2, -0.15) is 0 Å². The normalized spacial score (nSPS) is 26.7. The van der Waals surface area contributed by atoms with Crippen LogP contribution >= 0.6 is 0 Å². The lowest BCUT2D eigenvalue weighted by Crippen LogP contribution is -2.40. The third kappa shape index (κ3) is 1.96. The van der Waals surface area contributed by atoms with Gasteiger partial charge in [0.1, 0.15) is 0 Å². The molecule has 1 saturated carbocycles. The van der Waals surface area contributed by atoms with Crippen molar-refractivity contribution in [1.82, 2.24) is 5.32 Å². The van der Waals surface area contributed by atoms with E-state index in [2.05, 4.69) is 5.32 Å². The largest absolute Gasteiger partial charge is 0.317 e. The third-order valence-electron chi connectivity index (χ3n) is 3.08. The molecule has 1 saturated heterocycles. The van der Waals surface area contributed by atoms with Gasteiger partial charge in [0.25, 0.3) is 0 Å². The van der Waals surface area contributed by atoms with E-state index in [9.17, 15) is 0 Å². The highest BCUT2D eigenvalue weighted by Gasteiger charge is 2.37. The molecule has 2 aliphatic rings. The Morgan fingerprint density at radius 3 is 1.73 bits per heavy atom. The minimum atomic E-state index is 0.839. The Morgan fingerprint density at radius 2 is 1.45 bits per heavy atom. The molecule has 1 spiro atoms. The summed E-state index contributed by atoms with van der Waals surface area (Å²) in [5, 5.41) is 3.41. The van der Waals surface area contributed by atoms with Crippen molar-refractivity contribution in [3.8, 4) is 0 Å². The van der Waals surface area contributed by atoms with E-state index in [0.29, 0.717) is 0 Å². The van der Waals surface area contributed by atoms with Gasteiger partial charge in [-0.15, -0.1) is 0 Å². The van der Waals surface area contributed by atoms with Crippen molar-refractivity contribution in [2.45, 2.75) is 46.0 Å². The summed E-state index contributed by atoms with van der Waals surface area (Å²) in [6.07, 6.45) is 7.45. The summed E-state index contributed by atoms with van der Waals surface area (Å²) >= 11 is 0. The van der Waals surface area contributed by atoms with Crippen LogP contribution in [0.15, 0.2) is 0 Å². The second kappa shape index (κ2) is 4.10. The Bertz CT molecular complexity index is 97.4. The molecule has 0 bridgehead atoms. The number of nitrogens with one attached hydrogen (secondary N) is 1. The molecule has 0 amide bonds. The highest BCUT2D eigenvalue weighted by Crippen LogP contribution is 2.47. The highest BCUT2D eigenvalue weighted by atomic mass is 14.9. The first-order valence-electron chi connectivity index (χ1n) is 5.12. The number of hydrogen-bond acceptors (Lipinski definition) is 1. The first-order valence-corrected chi connectivity index (χ1v) is 5.12. The molecule has 1 aliphatic heterocycles. The molecule has 0 unspecified atom stereocenters. The van der Waals surface area contributed by atoms with Crippen molar-refractivity contribution in [1.29, 1.82) is 0 Å². The molecule has 0 aromatic heterocycles. The van der Waals surface area contributed by atoms with Gasteiger partial charge >= 0.3 is 0 Å². The van der Waals surface area contributed by atoms with E-state index in [4.69, 9.17) is 0 Å². The topological polar surface area (TPSA) is 12.0 Å². The average molecular weight is 155 g/mol. The average Bonchev–Trinajstić information content (AvgIpc) is 2.07. The zero-order valence-corrected chi connectivity index (χ0v) is 7.95. The van der Waals surface area contributed by atoms with E-state index in [1.165, 1.54) is 45.2 Å². The van der Waals surface area contributed by atoms with Gasteiger partial charge in [-0.1, -0.05) is 20.3 Å². The molecule has 0 aromatic rings. The highest BCUT2D eigenvalue weighted by molar-refractivity contribution is 4.90. The fraction of sp³-hybridized carbons (Fsp3) is 1.00. The van der Waals surface area contributed by atoms with Gasteiger partial charge < -0.3 is 5.32 Å². The number of rotatable bonds is 0. The Hall–Kier alpha value is -0.0400. The second-order valence-corrected chi connectivity index (χ2v) is 3.60. The molecule has 66 valence electrons. The molecule has 0 aromatic carbocycles. The summed E-state index contributed by atoms with van der Waals surface area (Å²) < 4.78 is 0. The summed E-state index contributed by atoms with van der Waals surface area (Å²) in [5.74, 6) is 0. The van der Waals surface area contributed by atoms with Crippen LogP contribution in [0.4, 0.5) is 0 Å². The molecule has 2 rings (SSSR count). The molecule has 0 radical (unpaired) electrons. The lowest BCUT2D eigenvalue weighted by Gasteiger charge is -2.45. The Kier molecular flexibility index (Phi) is 3.38. The Morgan fingerprint density at radius 1 is 0.909 bits per heavy atom. The van der Waals surface area contributed by atoms with Crippen LogP contribution in [0.3, 0.4) is 0 Å². The number of hydrogen-bond donors (Lipinski definition) is 1. The SMILES string of the molecule is C1CC2(C1)CCNCC2.CC. The van der Waals surface area contributed by atoms with Gasteiger partial charge in [0.05, 0.1) is 0 Å². The van der Waals surface area contributed by atoms with E-state index in [-0.39, 0.29) is 0 Å². The molecule has 0 atom stereocenters. The maximum Gasteiger partial charge on any atom is -0.00436 e. The van der Waals surface area contributed by atoms with Crippen LogP contribution < -0.4 is 5.32 Å². The van der Waals surface area contributed by atoms with E-state index in [1.54, 1.807) is 0 Å². The predicted molar refractivity (Wildman–Crippen MR) is 49.7 cm³/mol. The lowest BCUT2D eigenvalue weighted by atomic mass is 9.63. The maximum atomic E-state index is 3.41. The summed E-state index contributed by atoms with van der Waals surface area (Å²) in [6, 6.07) is 0. The minimum Gasteiger partial charge on any atom is -0.317 e. The van der Waals surface area contributed by atoms with Crippen LogP contribution in [0.1, 0.15) is 46.0 Å². The van der Waals surface area contributed by atoms with Crippen molar-refractivity contribution >= 4 is 0 Å². The van der Waals surface area contributed by atoms with Gasteiger partial charge in [-0.05, 0) is 44.2 Å². The van der Waals surface area contributed by atoms with Crippen LogP contribution in [0.5, 0.6) is 0 Å². The standard InChI is InChI=1S/C8H15N.C2H6/c1-2-8(3-1)4-6-9-7-5-8;1-2/h9H,1-7H2;1-2H3. The van der Waals surface area contributed by atoms with Crippen LogP contribution in [-0.2, 0) is 0 Å². The monoisotopic (exact) mass is 155 g/mol. The van der Waals surface area contributed by atoms with E-state index in [1.807, 2.05) is 13.8 Å². The van der Waals surface area contributed by atoms with E-state index >= 15 is 0 Å². The lowest BCUT2D eigenvalue weighted by molar-refractivity contribution is 0.0864. The van der Waals surface area contributed by atoms with Crippen LogP contribution in [0, 0.1) is 5.41 Å². The fourth-order valence-corrected chi connectivity index (χ4v) is 2.13. The zero-order valence-electron chi connectivity index (χ0n) is 7.95. The van der Waals surface area contributed by atoms with Crippen LogP contribution in [0.25, 0.3) is 0 Å². The van der Waals surface area contributed by atoms with Crippen molar-refractivity contribution in [3.63, 3.8) is 0 Å². The van der Waals surface area contributed by atoms with Crippen molar-refractivity contribution < 1.29 is 0 Å². The van der Waals surface area contributed by atoms with Crippen molar-refractivity contribution in [2.75, 3.05) is 13.1 Å². The molecule has 1 nitrogen and oxygen atoms in total. The molecule has 1 heterocycles. The maximum absolute atomic E-state index is 3.41. The van der Waals surface area contributed by atoms with Crippen molar-refractivity contribution in [2.24, 2.45) is 5.41 Å². The van der Waals surface area contributed by atoms with Crippen LogP contribution in [-0.4, -0.2) is 13.1 Å². The molecule has 1 aliphatic carbocycles. The molecule has 2 fully saturated rings. The van der Waals surface area contributed by atoms with Gasteiger partial charge in [0.2, 0.25) is 0 Å². The van der Waals surface area contributed by atoms with Crippen molar-refractivity contribution in [3.05, 3.63) is 0 Å². The third-order valence-corrected chi connectivity index (χ3v) is 3.08. The molecule has 11 heavy (non-hydrogen) atoms. The predicted octanol–water partition coefficient (Wildman–Crippen LogP) is 2.57. The van der Waals surface area contributed by atoms with Gasteiger partial charge in [-0.25, -0.2) is 0 Å². The molecular weight excluding hydrogens is 134 g/mol. The fourth-order valence-electron chi connectivity index (χ4n) is 2.13. The first-order chi connectivity index (χ1) is 5.41. The van der Waals surface area contributed by atoms with Gasteiger partial charge in [-0.3, -0.25) is 0 Å². The van der Waals surface area contributed by atoms with Gasteiger partial charge in [0, 0.05) is 0 Å². The zero-order chi connectivity index (χ0) is 8.16. The smallest absolute Gasteiger partial charge is 0.00436 e. The number of piperidine rings is 1. The molecular formula is C10H21N. The Labute approximate surface area is 70.6 Å². The Balaban J connectivity index is 0.000000281. The summed E-state index contributed by atoms with van der Waals surface area (Å²) in [7, 11) is 0. The van der Waals surface area contributed by atoms with E-state index in [0.717, 1.165) is 5.41 Å². The summed E-state index contributed by atoms with van der Waals surface area (Å²) in [6.45, 7) is 6.56. The van der Waals surface area contributed by atoms with E-state index < -0.39 is 0 Å².